The predicted octanol–water partition coefficient (Wildman–Crippen LogP) is 4.50. The number of carbonyl (C=O) groups excluding carboxylic acids is 1. The first kappa shape index (κ1) is 21.1. The standard InChI is InChI=1S/C23H32N4O2/c1-6-19(15-8-11-17(12-9-15)29-7-2)24-27-22(28)21-18-14-16(23(3,4)5)10-13-20(18)25-26-21/h8-9,11-12,16H,6-7,10,13-14H2,1-5H3,(H,25,26)(H,27,28). The highest BCUT2D eigenvalue weighted by Crippen LogP contribution is 2.37. The number of H-pyrrole nitrogens is 1. The van der Waals surface area contributed by atoms with Gasteiger partial charge >= 0.3 is 0 Å². The lowest BCUT2D eigenvalue weighted by atomic mass is 9.71. The summed E-state index contributed by atoms with van der Waals surface area (Å²) >= 11 is 0. The molecule has 1 atom stereocenters. The van der Waals surface area contributed by atoms with Gasteiger partial charge in [0.25, 0.3) is 5.91 Å². The SMILES string of the molecule is CCOc1ccc(C(CC)=NNC(=O)c2n[nH]c3c2CC(C(C)(C)C)CC3)cc1. The maximum atomic E-state index is 12.8. The van der Waals surface area contributed by atoms with Crippen LogP contribution in [0.15, 0.2) is 29.4 Å². The minimum Gasteiger partial charge on any atom is -0.494 e. The highest BCUT2D eigenvalue weighted by Gasteiger charge is 2.32. The van der Waals surface area contributed by atoms with Gasteiger partial charge in [-0.05, 0) is 73.8 Å². The third-order valence-electron chi connectivity index (χ3n) is 5.71. The number of amides is 1. The van der Waals surface area contributed by atoms with Crippen molar-refractivity contribution in [1.29, 1.82) is 0 Å². The second kappa shape index (κ2) is 8.80. The number of carbonyl (C=O) groups is 1. The smallest absolute Gasteiger partial charge is 0.292 e. The molecule has 156 valence electrons. The van der Waals surface area contributed by atoms with Crippen LogP contribution in [0.5, 0.6) is 5.75 Å². The summed E-state index contributed by atoms with van der Waals surface area (Å²) < 4.78 is 5.49. The molecule has 0 spiro atoms. The molecule has 1 aromatic carbocycles. The van der Waals surface area contributed by atoms with Crippen molar-refractivity contribution in [3.05, 3.63) is 46.8 Å². The fraction of sp³-hybridized carbons (Fsp3) is 0.522. The van der Waals surface area contributed by atoms with Crippen molar-refractivity contribution in [3.8, 4) is 5.75 Å². The van der Waals surface area contributed by atoms with Crippen molar-refractivity contribution in [3.63, 3.8) is 0 Å². The Hall–Kier alpha value is -2.63. The number of hydrogen-bond acceptors (Lipinski definition) is 4. The molecule has 6 nitrogen and oxygen atoms in total. The molecule has 0 fully saturated rings. The van der Waals surface area contributed by atoms with Crippen LogP contribution in [-0.4, -0.2) is 28.4 Å². The van der Waals surface area contributed by atoms with E-state index in [-0.39, 0.29) is 11.3 Å². The topological polar surface area (TPSA) is 79.4 Å². The molecule has 1 heterocycles. The van der Waals surface area contributed by atoms with Crippen molar-refractivity contribution in [2.75, 3.05) is 6.61 Å². The van der Waals surface area contributed by atoms with E-state index >= 15 is 0 Å². The summed E-state index contributed by atoms with van der Waals surface area (Å²) in [6, 6.07) is 7.76. The molecule has 2 aromatic rings. The first-order valence-corrected chi connectivity index (χ1v) is 10.5. The molecule has 0 aliphatic heterocycles. The molecule has 1 amide bonds. The molecule has 3 rings (SSSR count). The van der Waals surface area contributed by atoms with Crippen LogP contribution < -0.4 is 10.2 Å². The number of aryl methyl sites for hydroxylation is 1. The van der Waals surface area contributed by atoms with Crippen LogP contribution in [0.25, 0.3) is 0 Å². The summed E-state index contributed by atoms with van der Waals surface area (Å²) in [6.45, 7) is 11.4. The first-order chi connectivity index (χ1) is 13.8. The molecule has 0 radical (unpaired) electrons. The Bertz CT molecular complexity index is 875. The van der Waals surface area contributed by atoms with Crippen LogP contribution in [0.2, 0.25) is 0 Å². The van der Waals surface area contributed by atoms with Gasteiger partial charge in [-0.25, -0.2) is 5.43 Å². The van der Waals surface area contributed by atoms with Gasteiger partial charge in [-0.15, -0.1) is 0 Å². The Morgan fingerprint density at radius 1 is 1.28 bits per heavy atom. The Balaban J connectivity index is 1.74. The number of rotatable bonds is 6. The van der Waals surface area contributed by atoms with Gasteiger partial charge in [0.2, 0.25) is 0 Å². The molecule has 0 saturated carbocycles. The molecule has 6 heteroatoms. The van der Waals surface area contributed by atoms with Crippen molar-refractivity contribution in [2.24, 2.45) is 16.4 Å². The summed E-state index contributed by atoms with van der Waals surface area (Å²) in [5, 5.41) is 11.7. The van der Waals surface area contributed by atoms with Gasteiger partial charge in [-0.2, -0.15) is 10.2 Å². The van der Waals surface area contributed by atoms with E-state index in [1.54, 1.807) is 0 Å². The van der Waals surface area contributed by atoms with Crippen LogP contribution >= 0.6 is 0 Å². The van der Waals surface area contributed by atoms with Gasteiger partial charge in [0.1, 0.15) is 5.75 Å². The average Bonchev–Trinajstić information content (AvgIpc) is 3.12. The van der Waals surface area contributed by atoms with E-state index in [1.165, 1.54) is 0 Å². The molecule has 0 saturated heterocycles. The van der Waals surface area contributed by atoms with E-state index in [0.29, 0.717) is 24.6 Å². The highest BCUT2D eigenvalue weighted by atomic mass is 16.5. The predicted molar refractivity (Wildman–Crippen MR) is 115 cm³/mol. The van der Waals surface area contributed by atoms with Gasteiger partial charge in [-0.1, -0.05) is 27.7 Å². The first-order valence-electron chi connectivity index (χ1n) is 10.5. The lowest BCUT2D eigenvalue weighted by molar-refractivity contribution is 0.0947. The van der Waals surface area contributed by atoms with Gasteiger partial charge in [0, 0.05) is 11.3 Å². The van der Waals surface area contributed by atoms with Crippen LogP contribution in [0.1, 0.15) is 74.8 Å². The minimum atomic E-state index is -0.256. The van der Waals surface area contributed by atoms with Gasteiger partial charge in [0.05, 0.1) is 12.3 Å². The number of fused-ring (bicyclic) bond motifs is 1. The fourth-order valence-electron chi connectivity index (χ4n) is 3.85. The minimum absolute atomic E-state index is 0.212. The number of benzene rings is 1. The van der Waals surface area contributed by atoms with Crippen LogP contribution in [0, 0.1) is 11.3 Å². The zero-order valence-corrected chi connectivity index (χ0v) is 18.1. The number of aromatic amines is 1. The molecular weight excluding hydrogens is 364 g/mol. The maximum Gasteiger partial charge on any atom is 0.292 e. The second-order valence-corrected chi connectivity index (χ2v) is 8.65. The Morgan fingerprint density at radius 3 is 2.62 bits per heavy atom. The van der Waals surface area contributed by atoms with E-state index < -0.39 is 0 Å². The van der Waals surface area contributed by atoms with Gasteiger partial charge < -0.3 is 4.74 Å². The summed E-state index contributed by atoms with van der Waals surface area (Å²) in [5.41, 5.74) is 7.31. The third-order valence-corrected chi connectivity index (χ3v) is 5.71. The summed E-state index contributed by atoms with van der Waals surface area (Å²) in [5.74, 6) is 1.11. The van der Waals surface area contributed by atoms with Crippen molar-refractivity contribution in [2.45, 2.75) is 60.3 Å². The van der Waals surface area contributed by atoms with Crippen molar-refractivity contribution >= 4 is 11.6 Å². The molecule has 0 bridgehead atoms. The van der Waals surface area contributed by atoms with Gasteiger partial charge in [0.15, 0.2) is 5.69 Å². The number of aromatic nitrogens is 2. The quantitative estimate of drug-likeness (QED) is 0.557. The van der Waals surface area contributed by atoms with Crippen molar-refractivity contribution < 1.29 is 9.53 Å². The Kier molecular flexibility index (Phi) is 6.40. The van der Waals surface area contributed by atoms with E-state index in [0.717, 1.165) is 47.5 Å². The molecule has 2 N–H and O–H groups in total. The number of nitrogens with one attached hydrogen (secondary N) is 2. The largest absolute Gasteiger partial charge is 0.494 e. The average molecular weight is 397 g/mol. The number of hydrazone groups is 1. The van der Waals surface area contributed by atoms with Crippen LogP contribution in [-0.2, 0) is 12.8 Å². The normalized spacial score (nSPS) is 17.0. The Morgan fingerprint density at radius 2 is 2.00 bits per heavy atom. The number of ether oxygens (including phenoxy) is 1. The lowest BCUT2D eigenvalue weighted by Crippen LogP contribution is -2.28. The summed E-state index contributed by atoms with van der Waals surface area (Å²) in [4.78, 5) is 12.8. The molecule has 1 unspecified atom stereocenters. The lowest BCUT2D eigenvalue weighted by Gasteiger charge is -2.33. The van der Waals surface area contributed by atoms with E-state index in [9.17, 15) is 4.79 Å². The number of nitrogens with zero attached hydrogens (tertiary/aromatic N) is 2. The third kappa shape index (κ3) is 4.86. The number of hydrogen-bond donors (Lipinski definition) is 2. The molecule has 1 aliphatic carbocycles. The monoisotopic (exact) mass is 396 g/mol. The van der Waals surface area contributed by atoms with E-state index in [2.05, 4.69) is 41.5 Å². The van der Waals surface area contributed by atoms with E-state index in [1.807, 2.05) is 38.1 Å². The zero-order valence-electron chi connectivity index (χ0n) is 18.1. The molecule has 29 heavy (non-hydrogen) atoms. The van der Waals surface area contributed by atoms with Crippen molar-refractivity contribution in [1.82, 2.24) is 15.6 Å². The summed E-state index contributed by atoms with van der Waals surface area (Å²) in [6.07, 6.45) is 3.64. The maximum absolute atomic E-state index is 12.8. The zero-order chi connectivity index (χ0) is 21.0. The second-order valence-electron chi connectivity index (χ2n) is 8.65. The molecular formula is C23H32N4O2. The van der Waals surface area contributed by atoms with Crippen LogP contribution in [0.4, 0.5) is 0 Å². The van der Waals surface area contributed by atoms with Gasteiger partial charge in [-0.3, -0.25) is 9.89 Å². The molecule has 1 aliphatic rings. The molecule has 1 aromatic heterocycles. The Labute approximate surface area is 173 Å². The van der Waals surface area contributed by atoms with Crippen LogP contribution in [0.3, 0.4) is 0 Å². The van der Waals surface area contributed by atoms with E-state index in [4.69, 9.17) is 4.74 Å². The fourth-order valence-corrected chi connectivity index (χ4v) is 3.85. The summed E-state index contributed by atoms with van der Waals surface area (Å²) in [7, 11) is 0. The highest BCUT2D eigenvalue weighted by molar-refractivity contribution is 6.02.